The summed E-state index contributed by atoms with van der Waals surface area (Å²) in [5.74, 6) is 0.365. The number of nitrogens with one attached hydrogen (secondary N) is 1. The molecule has 0 radical (unpaired) electrons. The molecule has 3 rings (SSSR count). The van der Waals surface area contributed by atoms with Gasteiger partial charge in [-0.2, -0.15) is 4.31 Å². The van der Waals surface area contributed by atoms with Crippen LogP contribution in [-0.4, -0.2) is 62.9 Å². The Morgan fingerprint density at radius 1 is 1.07 bits per heavy atom. The van der Waals surface area contributed by atoms with Gasteiger partial charge in [-0.25, -0.2) is 8.42 Å². The second kappa shape index (κ2) is 9.53. The van der Waals surface area contributed by atoms with E-state index in [9.17, 15) is 13.2 Å². The fourth-order valence-electron chi connectivity index (χ4n) is 3.23. The molecule has 1 fully saturated rings. The summed E-state index contributed by atoms with van der Waals surface area (Å²) in [5, 5.41) is 3.43. The summed E-state index contributed by atoms with van der Waals surface area (Å²) in [5.41, 5.74) is 0.446. The average Bonchev–Trinajstić information content (AvgIpc) is 2.76. The number of benzene rings is 2. The Morgan fingerprint density at radius 3 is 2.30 bits per heavy atom. The third kappa shape index (κ3) is 4.90. The van der Waals surface area contributed by atoms with Gasteiger partial charge in [0.15, 0.2) is 0 Å². The van der Waals surface area contributed by atoms with Gasteiger partial charge in [0.1, 0.15) is 5.75 Å². The van der Waals surface area contributed by atoms with Gasteiger partial charge in [0.25, 0.3) is 0 Å². The van der Waals surface area contributed by atoms with Crippen molar-refractivity contribution in [2.75, 3.05) is 38.6 Å². The van der Waals surface area contributed by atoms with Gasteiger partial charge in [0, 0.05) is 26.2 Å². The molecule has 0 spiro atoms. The lowest BCUT2D eigenvalue weighted by molar-refractivity contribution is -0.121. The van der Waals surface area contributed by atoms with E-state index < -0.39 is 16.1 Å². The molecule has 1 amide bonds. The number of nitrogens with zero attached hydrogens (tertiary/aromatic N) is 2. The van der Waals surface area contributed by atoms with E-state index in [4.69, 9.17) is 27.9 Å². The Balaban J connectivity index is 1.61. The quantitative estimate of drug-likeness (QED) is 0.698. The highest BCUT2D eigenvalue weighted by atomic mass is 35.5. The molecule has 2 aromatic rings. The third-order valence-corrected chi connectivity index (χ3v) is 7.84. The summed E-state index contributed by atoms with van der Waals surface area (Å²) < 4.78 is 32.2. The van der Waals surface area contributed by atoms with Crippen molar-refractivity contribution in [2.45, 2.75) is 17.9 Å². The molecule has 1 atom stereocenters. The summed E-state index contributed by atoms with van der Waals surface area (Å²) in [7, 11) is -2.07. The molecular weight excluding hydrogens is 449 g/mol. The second-order valence-electron chi connectivity index (χ2n) is 6.88. The molecule has 1 heterocycles. The molecule has 2 aromatic carbocycles. The first-order chi connectivity index (χ1) is 14.2. The fourth-order valence-corrected chi connectivity index (χ4v) is 5.00. The topological polar surface area (TPSA) is 79.0 Å². The summed E-state index contributed by atoms with van der Waals surface area (Å²) in [4.78, 5) is 14.8. The van der Waals surface area contributed by atoms with E-state index in [-0.39, 0.29) is 15.8 Å². The first kappa shape index (κ1) is 22.8. The SMILES string of the molecule is COc1ccc(S(=O)(=O)N2CCN(C(C)C(=O)Nc3cccc(Cl)c3Cl)CC2)cc1. The van der Waals surface area contributed by atoms with Crippen LogP contribution in [0, 0.1) is 0 Å². The fraction of sp³-hybridized carbons (Fsp3) is 0.350. The number of hydrogen-bond donors (Lipinski definition) is 1. The van der Waals surface area contributed by atoms with Gasteiger partial charge in [-0.1, -0.05) is 29.3 Å². The van der Waals surface area contributed by atoms with Gasteiger partial charge < -0.3 is 10.1 Å². The summed E-state index contributed by atoms with van der Waals surface area (Å²) in [6, 6.07) is 10.9. The highest BCUT2D eigenvalue weighted by Gasteiger charge is 2.32. The van der Waals surface area contributed by atoms with E-state index in [0.717, 1.165) is 0 Å². The van der Waals surface area contributed by atoms with E-state index in [1.807, 2.05) is 4.90 Å². The van der Waals surface area contributed by atoms with E-state index in [0.29, 0.717) is 42.6 Å². The van der Waals surface area contributed by atoms with Crippen LogP contribution in [0.5, 0.6) is 5.75 Å². The van der Waals surface area contributed by atoms with Crippen molar-refractivity contribution in [3.05, 3.63) is 52.5 Å². The first-order valence-electron chi connectivity index (χ1n) is 9.37. The minimum atomic E-state index is -3.60. The molecule has 0 aliphatic carbocycles. The number of rotatable bonds is 6. The zero-order chi connectivity index (χ0) is 21.9. The number of methoxy groups -OCH3 is 1. The van der Waals surface area contributed by atoms with Crippen molar-refractivity contribution in [1.29, 1.82) is 0 Å². The van der Waals surface area contributed by atoms with Gasteiger partial charge in [0.2, 0.25) is 15.9 Å². The molecular formula is C20H23Cl2N3O4S. The van der Waals surface area contributed by atoms with Crippen molar-refractivity contribution in [3.63, 3.8) is 0 Å². The smallest absolute Gasteiger partial charge is 0.243 e. The number of carbonyl (C=O) groups excluding carboxylic acids is 1. The van der Waals surface area contributed by atoms with Crippen LogP contribution in [0.3, 0.4) is 0 Å². The van der Waals surface area contributed by atoms with Crippen molar-refractivity contribution >= 4 is 44.8 Å². The molecule has 1 aliphatic rings. The Bertz CT molecular complexity index is 1010. The third-order valence-electron chi connectivity index (χ3n) is 5.11. The Labute approximate surface area is 186 Å². The van der Waals surface area contributed by atoms with Gasteiger partial charge in [-0.15, -0.1) is 0 Å². The highest BCUT2D eigenvalue weighted by Crippen LogP contribution is 2.30. The number of sulfonamides is 1. The number of piperazine rings is 1. The maximum Gasteiger partial charge on any atom is 0.243 e. The van der Waals surface area contributed by atoms with Gasteiger partial charge in [-0.3, -0.25) is 9.69 Å². The van der Waals surface area contributed by atoms with Crippen LogP contribution in [0.1, 0.15) is 6.92 Å². The minimum absolute atomic E-state index is 0.220. The molecule has 30 heavy (non-hydrogen) atoms. The van der Waals surface area contributed by atoms with Crippen LogP contribution in [-0.2, 0) is 14.8 Å². The van der Waals surface area contributed by atoms with Crippen molar-refractivity contribution in [3.8, 4) is 5.75 Å². The van der Waals surface area contributed by atoms with Crippen molar-refractivity contribution in [2.24, 2.45) is 0 Å². The number of hydrogen-bond acceptors (Lipinski definition) is 5. The van der Waals surface area contributed by atoms with E-state index in [2.05, 4.69) is 5.32 Å². The van der Waals surface area contributed by atoms with E-state index in [1.54, 1.807) is 37.3 Å². The van der Waals surface area contributed by atoms with Crippen molar-refractivity contribution in [1.82, 2.24) is 9.21 Å². The zero-order valence-electron chi connectivity index (χ0n) is 16.6. The van der Waals surface area contributed by atoms with Gasteiger partial charge >= 0.3 is 0 Å². The Kier molecular flexibility index (Phi) is 7.26. The largest absolute Gasteiger partial charge is 0.497 e. The predicted octanol–water partition coefficient (Wildman–Crippen LogP) is 3.34. The van der Waals surface area contributed by atoms with Crippen LogP contribution in [0.25, 0.3) is 0 Å². The second-order valence-corrected chi connectivity index (χ2v) is 9.61. The van der Waals surface area contributed by atoms with Gasteiger partial charge in [0.05, 0.1) is 33.8 Å². The van der Waals surface area contributed by atoms with Crippen LogP contribution in [0.4, 0.5) is 5.69 Å². The lowest BCUT2D eigenvalue weighted by atomic mass is 10.2. The van der Waals surface area contributed by atoms with Crippen LogP contribution < -0.4 is 10.1 Å². The Morgan fingerprint density at radius 2 is 1.70 bits per heavy atom. The molecule has 1 aliphatic heterocycles. The number of anilines is 1. The summed E-state index contributed by atoms with van der Waals surface area (Å²) >= 11 is 12.1. The van der Waals surface area contributed by atoms with Crippen LogP contribution in [0.15, 0.2) is 47.4 Å². The van der Waals surface area contributed by atoms with Gasteiger partial charge in [-0.05, 0) is 43.3 Å². The molecule has 10 heteroatoms. The monoisotopic (exact) mass is 471 g/mol. The number of halogens is 2. The Hall–Kier alpha value is -1.84. The molecule has 0 bridgehead atoms. The maximum atomic E-state index is 12.9. The minimum Gasteiger partial charge on any atom is -0.497 e. The molecule has 1 N–H and O–H groups in total. The molecule has 0 aromatic heterocycles. The molecule has 0 saturated carbocycles. The van der Waals surface area contributed by atoms with Crippen molar-refractivity contribution < 1.29 is 17.9 Å². The van der Waals surface area contributed by atoms with Crippen LogP contribution >= 0.6 is 23.2 Å². The van der Waals surface area contributed by atoms with E-state index >= 15 is 0 Å². The first-order valence-corrected chi connectivity index (χ1v) is 11.6. The number of carbonyl (C=O) groups is 1. The molecule has 7 nitrogen and oxygen atoms in total. The summed E-state index contributed by atoms with van der Waals surface area (Å²) in [6.45, 7) is 3.25. The lowest BCUT2D eigenvalue weighted by Gasteiger charge is -2.36. The highest BCUT2D eigenvalue weighted by molar-refractivity contribution is 7.89. The predicted molar refractivity (Wildman–Crippen MR) is 118 cm³/mol. The normalized spacial score (nSPS) is 16.8. The maximum absolute atomic E-state index is 12.9. The lowest BCUT2D eigenvalue weighted by Crippen LogP contribution is -2.53. The van der Waals surface area contributed by atoms with E-state index in [1.165, 1.54) is 23.5 Å². The average molecular weight is 472 g/mol. The molecule has 162 valence electrons. The zero-order valence-corrected chi connectivity index (χ0v) is 19.0. The number of ether oxygens (including phenoxy) is 1. The standard InChI is InChI=1S/C20H23Cl2N3O4S/c1-14(20(26)23-18-5-3-4-17(21)19(18)22)24-10-12-25(13-11-24)30(27,28)16-8-6-15(29-2)7-9-16/h3-9,14H,10-13H2,1-2H3,(H,23,26). The summed E-state index contributed by atoms with van der Waals surface area (Å²) in [6.07, 6.45) is 0. The molecule has 1 unspecified atom stereocenters. The van der Waals surface area contributed by atoms with Crippen LogP contribution in [0.2, 0.25) is 10.0 Å². The number of amides is 1. The molecule has 1 saturated heterocycles.